The van der Waals surface area contributed by atoms with E-state index >= 15 is 0 Å². The molecule has 0 radical (unpaired) electrons. The molecule has 5 rings (SSSR count). The molecule has 3 aromatic carbocycles. The lowest BCUT2D eigenvalue weighted by atomic mass is 10.2. The summed E-state index contributed by atoms with van der Waals surface area (Å²) in [7, 11) is 0. The fourth-order valence-electron chi connectivity index (χ4n) is 3.45. The van der Waals surface area contributed by atoms with Gasteiger partial charge in [-0.15, -0.1) is 0 Å². The third-order valence-electron chi connectivity index (χ3n) is 4.97. The maximum Gasteiger partial charge on any atom is 0.252 e. The number of nitrogens with one attached hydrogen (secondary N) is 1. The minimum Gasteiger partial charge on any atom is -0.457 e. The van der Waals surface area contributed by atoms with E-state index in [-0.39, 0.29) is 5.56 Å². The number of nitrogens with zero attached hydrogens (tertiary/aromatic N) is 3. The summed E-state index contributed by atoms with van der Waals surface area (Å²) in [5.41, 5.74) is 2.25. The molecule has 0 saturated heterocycles. The predicted octanol–water partition coefficient (Wildman–Crippen LogP) is 5.38. The molecule has 0 unspecified atom stereocenters. The topological polar surface area (TPSA) is 69.0 Å². The second kappa shape index (κ2) is 8.73. The summed E-state index contributed by atoms with van der Waals surface area (Å²) in [6.07, 6.45) is 1.72. The lowest BCUT2D eigenvalue weighted by Crippen LogP contribution is -2.21. The van der Waals surface area contributed by atoms with E-state index in [1.165, 1.54) is 0 Å². The van der Waals surface area contributed by atoms with Crippen LogP contribution in [0, 0.1) is 0 Å². The van der Waals surface area contributed by atoms with Crippen LogP contribution in [-0.4, -0.2) is 14.5 Å². The van der Waals surface area contributed by atoms with Gasteiger partial charge in [0.25, 0.3) is 5.56 Å². The highest BCUT2D eigenvalue weighted by atomic mass is 16.5. The zero-order valence-electron chi connectivity index (χ0n) is 17.2. The molecule has 0 fully saturated rings. The first-order chi connectivity index (χ1) is 15.7. The van der Waals surface area contributed by atoms with E-state index < -0.39 is 0 Å². The molecule has 0 aliphatic heterocycles. The Hall–Kier alpha value is -4.45. The molecule has 0 spiro atoms. The van der Waals surface area contributed by atoms with Crippen LogP contribution in [0.2, 0.25) is 0 Å². The van der Waals surface area contributed by atoms with Gasteiger partial charge in [-0.2, -0.15) is 4.98 Å². The largest absolute Gasteiger partial charge is 0.457 e. The quantitative estimate of drug-likeness (QED) is 0.400. The van der Waals surface area contributed by atoms with E-state index in [9.17, 15) is 4.79 Å². The Morgan fingerprint density at radius 2 is 1.56 bits per heavy atom. The average Bonchev–Trinajstić information content (AvgIpc) is 2.83. The smallest absolute Gasteiger partial charge is 0.252 e. The molecule has 2 heterocycles. The van der Waals surface area contributed by atoms with Gasteiger partial charge in [-0.05, 0) is 48.0 Å². The van der Waals surface area contributed by atoms with Crippen LogP contribution in [0.5, 0.6) is 11.5 Å². The Bertz CT molecular complexity index is 1420. The summed E-state index contributed by atoms with van der Waals surface area (Å²) >= 11 is 0. The van der Waals surface area contributed by atoms with Gasteiger partial charge in [0.05, 0.1) is 6.54 Å². The monoisotopic (exact) mass is 420 g/mol. The summed E-state index contributed by atoms with van der Waals surface area (Å²) in [6, 6.07) is 30.3. The molecule has 0 amide bonds. The molecule has 0 atom stereocenters. The molecule has 2 aromatic heterocycles. The van der Waals surface area contributed by atoms with Gasteiger partial charge >= 0.3 is 0 Å². The molecule has 6 heteroatoms. The fraction of sp³-hybridized carbons (Fsp3) is 0.0385. The number of para-hydroxylation sites is 2. The highest BCUT2D eigenvalue weighted by Crippen LogP contribution is 2.23. The Kier molecular flexibility index (Phi) is 5.32. The van der Waals surface area contributed by atoms with E-state index in [1.54, 1.807) is 22.9 Å². The minimum atomic E-state index is -0.128. The van der Waals surface area contributed by atoms with E-state index in [1.807, 2.05) is 84.9 Å². The third kappa shape index (κ3) is 4.34. The first-order valence-corrected chi connectivity index (χ1v) is 10.3. The summed E-state index contributed by atoms with van der Waals surface area (Å²) < 4.78 is 7.58. The second-order valence-corrected chi connectivity index (χ2v) is 7.28. The van der Waals surface area contributed by atoms with Crippen LogP contribution in [-0.2, 0) is 6.54 Å². The summed E-state index contributed by atoms with van der Waals surface area (Å²) in [4.78, 5) is 21.7. The number of hydrogen-bond acceptors (Lipinski definition) is 5. The van der Waals surface area contributed by atoms with Crippen LogP contribution >= 0.6 is 0 Å². The average molecular weight is 420 g/mol. The van der Waals surface area contributed by atoms with E-state index in [2.05, 4.69) is 15.3 Å². The van der Waals surface area contributed by atoms with Crippen molar-refractivity contribution in [2.45, 2.75) is 6.54 Å². The summed E-state index contributed by atoms with van der Waals surface area (Å²) in [5.74, 6) is 1.91. The molecule has 0 aliphatic rings. The van der Waals surface area contributed by atoms with Crippen LogP contribution in [0.4, 0.5) is 11.6 Å². The van der Waals surface area contributed by atoms with Crippen molar-refractivity contribution in [1.29, 1.82) is 0 Å². The van der Waals surface area contributed by atoms with Crippen LogP contribution in [0.15, 0.2) is 108 Å². The van der Waals surface area contributed by atoms with Crippen LogP contribution < -0.4 is 15.6 Å². The molecule has 0 bridgehead atoms. The van der Waals surface area contributed by atoms with Crippen LogP contribution in [0.1, 0.15) is 5.56 Å². The molecule has 156 valence electrons. The van der Waals surface area contributed by atoms with E-state index in [0.717, 1.165) is 22.4 Å². The van der Waals surface area contributed by atoms with Gasteiger partial charge < -0.3 is 10.1 Å². The predicted molar refractivity (Wildman–Crippen MR) is 126 cm³/mol. The number of fused-ring (bicyclic) bond motifs is 1. The van der Waals surface area contributed by atoms with Crippen molar-refractivity contribution in [3.05, 3.63) is 119 Å². The minimum absolute atomic E-state index is 0.128. The number of benzene rings is 3. The lowest BCUT2D eigenvalue weighted by Gasteiger charge is -2.12. The maximum absolute atomic E-state index is 12.7. The second-order valence-electron chi connectivity index (χ2n) is 7.28. The Labute approximate surface area is 184 Å². The van der Waals surface area contributed by atoms with Crippen molar-refractivity contribution in [1.82, 2.24) is 14.5 Å². The van der Waals surface area contributed by atoms with Crippen molar-refractivity contribution in [3.8, 4) is 11.5 Å². The molecule has 0 saturated carbocycles. The Morgan fingerprint density at radius 3 is 2.38 bits per heavy atom. The molecular formula is C26H20N4O2. The zero-order chi connectivity index (χ0) is 21.8. The maximum atomic E-state index is 12.7. The van der Waals surface area contributed by atoms with Crippen molar-refractivity contribution in [2.75, 3.05) is 5.32 Å². The Morgan fingerprint density at radius 1 is 0.812 bits per heavy atom. The molecule has 6 nitrogen and oxygen atoms in total. The molecular weight excluding hydrogens is 400 g/mol. The van der Waals surface area contributed by atoms with Gasteiger partial charge in [-0.1, -0.05) is 48.5 Å². The highest BCUT2D eigenvalue weighted by Gasteiger charge is 2.09. The number of ether oxygens (including phenoxy) is 1. The third-order valence-corrected chi connectivity index (χ3v) is 4.97. The normalized spacial score (nSPS) is 10.8. The van der Waals surface area contributed by atoms with Crippen molar-refractivity contribution >= 4 is 22.7 Å². The molecule has 0 aliphatic carbocycles. The van der Waals surface area contributed by atoms with Gasteiger partial charge in [0.1, 0.15) is 17.1 Å². The fourth-order valence-corrected chi connectivity index (χ4v) is 3.45. The summed E-state index contributed by atoms with van der Waals surface area (Å²) in [5, 5.41) is 3.98. The van der Waals surface area contributed by atoms with Crippen molar-refractivity contribution in [2.24, 2.45) is 0 Å². The van der Waals surface area contributed by atoms with Gasteiger partial charge in [-0.25, -0.2) is 4.98 Å². The first kappa shape index (κ1) is 19.5. The van der Waals surface area contributed by atoms with Gasteiger partial charge in [-0.3, -0.25) is 9.36 Å². The number of rotatable bonds is 6. The zero-order valence-corrected chi connectivity index (χ0v) is 17.2. The van der Waals surface area contributed by atoms with Crippen molar-refractivity contribution < 1.29 is 4.74 Å². The number of hydrogen-bond donors (Lipinski definition) is 1. The number of pyridine rings is 1. The SMILES string of the molecule is O=c1ccc2cnc(Nc3ccccc3)nc2n1Cc1cccc(Oc2ccccc2)c1. The van der Waals surface area contributed by atoms with Crippen LogP contribution in [0.3, 0.4) is 0 Å². The number of anilines is 2. The van der Waals surface area contributed by atoms with Gasteiger partial charge in [0.2, 0.25) is 5.95 Å². The van der Waals surface area contributed by atoms with Crippen LogP contribution in [0.25, 0.3) is 11.0 Å². The first-order valence-electron chi connectivity index (χ1n) is 10.3. The molecule has 5 aromatic rings. The summed E-state index contributed by atoms with van der Waals surface area (Å²) in [6.45, 7) is 0.365. The standard InChI is InChI=1S/C26H20N4O2/c31-24-15-14-20-17-27-26(28-21-9-3-1-4-10-21)29-25(20)30(24)18-19-8-7-13-23(16-19)32-22-11-5-2-6-12-22/h1-17H,18H2,(H,27,28,29). The Balaban J connectivity index is 1.47. The lowest BCUT2D eigenvalue weighted by molar-refractivity contribution is 0.481. The van der Waals surface area contributed by atoms with Crippen molar-refractivity contribution in [3.63, 3.8) is 0 Å². The molecule has 1 N–H and O–H groups in total. The van der Waals surface area contributed by atoms with Gasteiger partial charge in [0.15, 0.2) is 0 Å². The highest BCUT2D eigenvalue weighted by molar-refractivity contribution is 5.75. The van der Waals surface area contributed by atoms with Gasteiger partial charge in [0, 0.05) is 23.3 Å². The number of aromatic nitrogens is 3. The van der Waals surface area contributed by atoms with E-state index in [0.29, 0.717) is 23.9 Å². The molecule has 32 heavy (non-hydrogen) atoms. The van der Waals surface area contributed by atoms with E-state index in [4.69, 9.17) is 4.74 Å².